The van der Waals surface area contributed by atoms with E-state index >= 15 is 0 Å². The van der Waals surface area contributed by atoms with Crippen molar-refractivity contribution in [1.29, 1.82) is 0 Å². The van der Waals surface area contributed by atoms with Gasteiger partial charge in [-0.15, -0.1) is 24.8 Å². The maximum absolute atomic E-state index is 11.8. The zero-order chi connectivity index (χ0) is 11.4. The van der Waals surface area contributed by atoms with E-state index in [0.29, 0.717) is 5.92 Å². The van der Waals surface area contributed by atoms with Crippen LogP contribution < -0.4 is 10.6 Å². The molecule has 0 saturated carbocycles. The molecule has 0 aromatic carbocycles. The van der Waals surface area contributed by atoms with E-state index < -0.39 is 0 Å². The van der Waals surface area contributed by atoms with Gasteiger partial charge in [0, 0.05) is 13.1 Å². The number of hydrogen-bond donors (Lipinski definition) is 2. The molecule has 2 aliphatic rings. The molecular weight excluding hydrogens is 273 g/mol. The smallest absolute Gasteiger partial charge is 0.237 e. The molecule has 108 valence electrons. The second-order valence-corrected chi connectivity index (χ2v) is 4.94. The Morgan fingerprint density at radius 2 is 2.17 bits per heavy atom. The van der Waals surface area contributed by atoms with Crippen LogP contribution in [0.15, 0.2) is 0 Å². The minimum absolute atomic E-state index is 0. The topological polar surface area (TPSA) is 44.4 Å². The van der Waals surface area contributed by atoms with Crippen molar-refractivity contribution in [3.63, 3.8) is 0 Å². The van der Waals surface area contributed by atoms with Crippen LogP contribution in [0.25, 0.3) is 0 Å². The molecule has 2 N–H and O–H groups in total. The Morgan fingerprint density at radius 3 is 2.72 bits per heavy atom. The molecule has 0 aromatic rings. The van der Waals surface area contributed by atoms with E-state index in [1.807, 2.05) is 0 Å². The molecule has 2 unspecified atom stereocenters. The Balaban J connectivity index is 0.00000144. The molecule has 2 atom stereocenters. The lowest BCUT2D eigenvalue weighted by Gasteiger charge is -2.15. The van der Waals surface area contributed by atoms with Crippen molar-refractivity contribution >= 4 is 30.7 Å². The summed E-state index contributed by atoms with van der Waals surface area (Å²) in [5.41, 5.74) is 0. The summed E-state index contributed by atoms with van der Waals surface area (Å²) in [6.07, 6.45) is 3.36. The maximum Gasteiger partial charge on any atom is 0.237 e. The molecular formula is C12H25Cl2N3O. The average molecular weight is 298 g/mol. The van der Waals surface area contributed by atoms with Gasteiger partial charge in [0.15, 0.2) is 0 Å². The highest BCUT2D eigenvalue weighted by molar-refractivity contribution is 5.85. The Bertz CT molecular complexity index is 247. The molecule has 2 aliphatic heterocycles. The summed E-state index contributed by atoms with van der Waals surface area (Å²) < 4.78 is 0. The highest BCUT2D eigenvalue weighted by Crippen LogP contribution is 2.14. The fraction of sp³-hybridized carbons (Fsp3) is 0.917. The third-order valence-corrected chi connectivity index (χ3v) is 3.76. The van der Waals surface area contributed by atoms with Crippen LogP contribution in [0.3, 0.4) is 0 Å². The van der Waals surface area contributed by atoms with Crippen LogP contribution in [0, 0.1) is 5.92 Å². The van der Waals surface area contributed by atoms with Gasteiger partial charge in [0.1, 0.15) is 0 Å². The predicted octanol–water partition coefficient (Wildman–Crippen LogP) is 1.04. The van der Waals surface area contributed by atoms with Crippen molar-refractivity contribution < 1.29 is 4.79 Å². The number of hydrogen-bond acceptors (Lipinski definition) is 3. The summed E-state index contributed by atoms with van der Waals surface area (Å²) in [5, 5.41) is 6.31. The van der Waals surface area contributed by atoms with Gasteiger partial charge in [0.25, 0.3) is 0 Å². The van der Waals surface area contributed by atoms with Crippen LogP contribution in [0.4, 0.5) is 0 Å². The van der Waals surface area contributed by atoms with E-state index in [0.717, 1.165) is 39.0 Å². The number of carbonyl (C=O) groups excluding carboxylic acids is 1. The van der Waals surface area contributed by atoms with Gasteiger partial charge in [0.05, 0.1) is 6.04 Å². The van der Waals surface area contributed by atoms with Crippen LogP contribution in [0.1, 0.15) is 26.2 Å². The highest BCUT2D eigenvalue weighted by atomic mass is 35.5. The first-order valence-corrected chi connectivity index (χ1v) is 6.53. The third kappa shape index (κ3) is 4.92. The molecule has 1 amide bonds. The predicted molar refractivity (Wildman–Crippen MR) is 78.8 cm³/mol. The Morgan fingerprint density at radius 1 is 1.39 bits per heavy atom. The van der Waals surface area contributed by atoms with Gasteiger partial charge in [0.2, 0.25) is 5.91 Å². The number of carbonyl (C=O) groups is 1. The van der Waals surface area contributed by atoms with Gasteiger partial charge in [-0.25, -0.2) is 0 Å². The number of amides is 1. The third-order valence-electron chi connectivity index (χ3n) is 3.76. The van der Waals surface area contributed by atoms with Gasteiger partial charge in [-0.1, -0.05) is 6.92 Å². The number of nitrogens with one attached hydrogen (secondary N) is 2. The summed E-state index contributed by atoms with van der Waals surface area (Å²) >= 11 is 0. The molecule has 2 saturated heterocycles. The Labute approximate surface area is 122 Å². The van der Waals surface area contributed by atoms with Crippen LogP contribution in [0.2, 0.25) is 0 Å². The van der Waals surface area contributed by atoms with E-state index in [2.05, 4.69) is 22.5 Å². The summed E-state index contributed by atoms with van der Waals surface area (Å²) in [6.45, 7) is 7.52. The fourth-order valence-corrected chi connectivity index (χ4v) is 2.64. The van der Waals surface area contributed by atoms with E-state index in [9.17, 15) is 4.79 Å². The molecule has 4 nitrogen and oxygen atoms in total. The zero-order valence-corrected chi connectivity index (χ0v) is 12.6. The van der Waals surface area contributed by atoms with Gasteiger partial charge in [-0.3, -0.25) is 4.79 Å². The van der Waals surface area contributed by atoms with Crippen molar-refractivity contribution in [1.82, 2.24) is 15.5 Å². The minimum Gasteiger partial charge on any atom is -0.354 e. The molecule has 0 bridgehead atoms. The first kappa shape index (κ1) is 18.0. The normalized spacial score (nSPS) is 27.4. The second kappa shape index (κ2) is 8.97. The van der Waals surface area contributed by atoms with Crippen molar-refractivity contribution in [2.75, 3.05) is 32.7 Å². The van der Waals surface area contributed by atoms with Gasteiger partial charge >= 0.3 is 0 Å². The Kier molecular flexibility index (Phi) is 8.95. The largest absolute Gasteiger partial charge is 0.354 e. The average Bonchev–Trinajstić information content (AvgIpc) is 2.96. The lowest BCUT2D eigenvalue weighted by Crippen LogP contribution is -2.42. The van der Waals surface area contributed by atoms with Crippen molar-refractivity contribution in [2.45, 2.75) is 32.2 Å². The molecule has 0 spiro atoms. The number of nitrogens with zero attached hydrogens (tertiary/aromatic N) is 1. The van der Waals surface area contributed by atoms with Crippen LogP contribution in [0.5, 0.6) is 0 Å². The van der Waals surface area contributed by atoms with Gasteiger partial charge in [-0.2, -0.15) is 0 Å². The lowest BCUT2D eigenvalue weighted by atomic mass is 10.1. The Hall–Kier alpha value is -0.0300. The second-order valence-electron chi connectivity index (χ2n) is 4.94. The maximum atomic E-state index is 11.8. The van der Waals surface area contributed by atoms with Crippen molar-refractivity contribution in [3.05, 3.63) is 0 Å². The van der Waals surface area contributed by atoms with E-state index in [-0.39, 0.29) is 36.8 Å². The summed E-state index contributed by atoms with van der Waals surface area (Å²) in [6, 6.07) is 0.0729. The van der Waals surface area contributed by atoms with Crippen molar-refractivity contribution in [2.24, 2.45) is 5.92 Å². The number of rotatable bonds is 4. The standard InChI is InChI=1S/C12H23N3O.2ClH/c1-2-15-7-5-10(9-15)8-14-12(16)11-4-3-6-13-11;;/h10-11,13H,2-9H2,1H3,(H,14,16);2*1H. The number of halogens is 2. The van der Waals surface area contributed by atoms with Crippen LogP contribution >= 0.6 is 24.8 Å². The monoisotopic (exact) mass is 297 g/mol. The molecule has 2 fully saturated rings. The van der Waals surface area contributed by atoms with E-state index in [4.69, 9.17) is 0 Å². The lowest BCUT2D eigenvalue weighted by molar-refractivity contribution is -0.122. The highest BCUT2D eigenvalue weighted by Gasteiger charge is 2.25. The van der Waals surface area contributed by atoms with Crippen LogP contribution in [-0.4, -0.2) is 49.6 Å². The van der Waals surface area contributed by atoms with Crippen molar-refractivity contribution in [3.8, 4) is 0 Å². The molecule has 2 heterocycles. The van der Waals surface area contributed by atoms with Gasteiger partial charge < -0.3 is 15.5 Å². The molecule has 0 aromatic heterocycles. The fourth-order valence-electron chi connectivity index (χ4n) is 2.64. The first-order valence-electron chi connectivity index (χ1n) is 6.53. The first-order chi connectivity index (χ1) is 7.79. The SMILES string of the molecule is CCN1CCC(CNC(=O)C2CCCN2)C1.Cl.Cl. The number of likely N-dealkylation sites (tertiary alicyclic amines) is 1. The van der Waals surface area contributed by atoms with Gasteiger partial charge in [-0.05, 0) is 44.8 Å². The summed E-state index contributed by atoms with van der Waals surface area (Å²) in [7, 11) is 0. The quantitative estimate of drug-likeness (QED) is 0.815. The molecule has 0 aliphatic carbocycles. The summed E-state index contributed by atoms with van der Waals surface area (Å²) in [4.78, 5) is 14.2. The van der Waals surface area contributed by atoms with E-state index in [1.165, 1.54) is 13.0 Å². The minimum atomic E-state index is 0. The van der Waals surface area contributed by atoms with E-state index in [1.54, 1.807) is 0 Å². The summed E-state index contributed by atoms with van der Waals surface area (Å²) in [5.74, 6) is 0.859. The van der Waals surface area contributed by atoms with Crippen LogP contribution in [-0.2, 0) is 4.79 Å². The molecule has 0 radical (unpaired) electrons. The zero-order valence-electron chi connectivity index (χ0n) is 11.0. The molecule has 18 heavy (non-hydrogen) atoms. The molecule has 2 rings (SSSR count). The molecule has 6 heteroatoms.